The summed E-state index contributed by atoms with van der Waals surface area (Å²) in [5.41, 5.74) is 0. The molecule has 6 heteroatoms. The minimum absolute atomic E-state index is 0.164. The molecule has 0 radical (unpaired) electrons. The van der Waals surface area contributed by atoms with Crippen LogP contribution >= 0.6 is 0 Å². The van der Waals surface area contributed by atoms with E-state index in [0.717, 1.165) is 65.0 Å². The van der Waals surface area contributed by atoms with Crippen LogP contribution in [-0.4, -0.2) is 74.0 Å². The lowest BCUT2D eigenvalue weighted by Crippen LogP contribution is -2.40. The topological polar surface area (TPSA) is 64.7 Å². The number of piperidine rings is 2. The fourth-order valence-electron chi connectivity index (χ4n) is 3.81. The highest BCUT2D eigenvalue weighted by Crippen LogP contribution is 2.08. The first-order valence-corrected chi connectivity index (χ1v) is 10.7. The highest BCUT2D eigenvalue weighted by atomic mass is 16.2. The third-order valence-electron chi connectivity index (χ3n) is 5.38. The molecular formula is C20H38N4O2. The second kappa shape index (κ2) is 13.1. The van der Waals surface area contributed by atoms with E-state index in [0.29, 0.717) is 13.1 Å². The predicted molar refractivity (Wildman–Crippen MR) is 105 cm³/mol. The molecule has 0 spiro atoms. The average Bonchev–Trinajstić information content (AvgIpc) is 2.65. The molecule has 0 aromatic carbocycles. The number of hydrogen-bond acceptors (Lipinski definition) is 4. The van der Waals surface area contributed by atoms with E-state index in [1.807, 2.05) is 0 Å². The molecule has 150 valence electrons. The highest BCUT2D eigenvalue weighted by molar-refractivity contribution is 5.78. The van der Waals surface area contributed by atoms with Gasteiger partial charge < -0.3 is 10.6 Å². The maximum Gasteiger partial charge on any atom is 0.234 e. The number of amides is 2. The smallest absolute Gasteiger partial charge is 0.234 e. The summed E-state index contributed by atoms with van der Waals surface area (Å²) in [5.74, 6) is 0.328. The van der Waals surface area contributed by atoms with Crippen LogP contribution in [0, 0.1) is 0 Å². The molecule has 0 saturated carbocycles. The normalized spacial score (nSPS) is 19.2. The van der Waals surface area contributed by atoms with Crippen molar-refractivity contribution in [3.63, 3.8) is 0 Å². The number of carbonyl (C=O) groups is 2. The van der Waals surface area contributed by atoms with Crippen LogP contribution in [0.15, 0.2) is 0 Å². The Morgan fingerprint density at radius 1 is 0.577 bits per heavy atom. The highest BCUT2D eigenvalue weighted by Gasteiger charge is 2.14. The Hall–Kier alpha value is -1.14. The van der Waals surface area contributed by atoms with Crippen LogP contribution in [0.3, 0.4) is 0 Å². The van der Waals surface area contributed by atoms with Crippen molar-refractivity contribution in [1.82, 2.24) is 20.4 Å². The van der Waals surface area contributed by atoms with Gasteiger partial charge in [-0.2, -0.15) is 0 Å². The minimum Gasteiger partial charge on any atom is -0.355 e. The maximum absolute atomic E-state index is 11.9. The predicted octanol–water partition coefficient (Wildman–Crippen LogP) is 1.75. The van der Waals surface area contributed by atoms with Gasteiger partial charge in [0.05, 0.1) is 13.1 Å². The number of nitrogens with zero attached hydrogens (tertiary/aromatic N) is 2. The van der Waals surface area contributed by atoms with Crippen molar-refractivity contribution in [1.29, 1.82) is 0 Å². The minimum atomic E-state index is 0.164. The van der Waals surface area contributed by atoms with Gasteiger partial charge in [-0.1, -0.05) is 25.7 Å². The molecule has 26 heavy (non-hydrogen) atoms. The summed E-state index contributed by atoms with van der Waals surface area (Å²) in [4.78, 5) is 28.3. The van der Waals surface area contributed by atoms with Crippen LogP contribution in [0.25, 0.3) is 0 Å². The molecule has 2 saturated heterocycles. The number of hydrogen-bond donors (Lipinski definition) is 2. The molecule has 2 aliphatic rings. The van der Waals surface area contributed by atoms with Crippen LogP contribution in [0.5, 0.6) is 0 Å². The van der Waals surface area contributed by atoms with E-state index in [2.05, 4.69) is 20.4 Å². The summed E-state index contributed by atoms with van der Waals surface area (Å²) in [7, 11) is 0. The first kappa shape index (κ1) is 21.2. The van der Waals surface area contributed by atoms with Crippen LogP contribution in [0.1, 0.15) is 64.2 Å². The van der Waals surface area contributed by atoms with Crippen molar-refractivity contribution in [2.45, 2.75) is 64.2 Å². The number of rotatable bonds is 11. The zero-order valence-electron chi connectivity index (χ0n) is 16.4. The molecule has 2 heterocycles. The summed E-state index contributed by atoms with van der Waals surface area (Å²) < 4.78 is 0. The number of likely N-dealkylation sites (tertiary alicyclic amines) is 2. The molecule has 2 N–H and O–H groups in total. The monoisotopic (exact) mass is 366 g/mol. The van der Waals surface area contributed by atoms with Gasteiger partial charge in [-0.3, -0.25) is 19.4 Å². The van der Waals surface area contributed by atoms with Crippen molar-refractivity contribution < 1.29 is 9.59 Å². The third kappa shape index (κ3) is 9.53. The van der Waals surface area contributed by atoms with Crippen LogP contribution in [0.2, 0.25) is 0 Å². The number of carbonyl (C=O) groups excluding carboxylic acids is 2. The van der Waals surface area contributed by atoms with Crippen molar-refractivity contribution in [2.75, 3.05) is 52.4 Å². The van der Waals surface area contributed by atoms with Gasteiger partial charge >= 0.3 is 0 Å². The molecule has 2 aliphatic heterocycles. The van der Waals surface area contributed by atoms with E-state index in [9.17, 15) is 9.59 Å². The van der Waals surface area contributed by atoms with Gasteiger partial charge in [0.15, 0.2) is 0 Å². The van der Waals surface area contributed by atoms with Crippen molar-refractivity contribution >= 4 is 11.8 Å². The van der Waals surface area contributed by atoms with Crippen LogP contribution in [-0.2, 0) is 9.59 Å². The largest absolute Gasteiger partial charge is 0.355 e. The maximum atomic E-state index is 11.9. The molecule has 6 nitrogen and oxygen atoms in total. The molecule has 2 amide bonds. The van der Waals surface area contributed by atoms with Gasteiger partial charge in [-0.15, -0.1) is 0 Å². The van der Waals surface area contributed by atoms with E-state index in [4.69, 9.17) is 0 Å². The Labute approximate surface area is 159 Å². The quantitative estimate of drug-likeness (QED) is 0.547. The Balaban J connectivity index is 1.36. The van der Waals surface area contributed by atoms with E-state index in [1.165, 1.54) is 38.5 Å². The van der Waals surface area contributed by atoms with Gasteiger partial charge in [0.2, 0.25) is 11.8 Å². The first-order valence-electron chi connectivity index (χ1n) is 10.7. The van der Waals surface area contributed by atoms with Gasteiger partial charge in [-0.25, -0.2) is 0 Å². The Bertz CT molecular complexity index is 367. The van der Waals surface area contributed by atoms with Crippen molar-refractivity contribution in [3.05, 3.63) is 0 Å². The molecular weight excluding hydrogens is 328 g/mol. The molecule has 0 aromatic rings. The average molecular weight is 367 g/mol. The van der Waals surface area contributed by atoms with Crippen molar-refractivity contribution in [3.8, 4) is 0 Å². The number of unbranched alkanes of at least 4 members (excludes halogenated alkanes) is 3. The zero-order valence-corrected chi connectivity index (χ0v) is 16.4. The molecule has 2 rings (SSSR count). The van der Waals surface area contributed by atoms with Gasteiger partial charge in [0, 0.05) is 13.1 Å². The van der Waals surface area contributed by atoms with Gasteiger partial charge in [0.25, 0.3) is 0 Å². The lowest BCUT2D eigenvalue weighted by Gasteiger charge is -2.25. The van der Waals surface area contributed by atoms with Crippen LogP contribution in [0.4, 0.5) is 0 Å². The lowest BCUT2D eigenvalue weighted by molar-refractivity contribution is -0.123. The molecule has 2 fully saturated rings. The SMILES string of the molecule is O=C(CN1CCCCC1)NCCCCCCNC(=O)CN1CCCCC1. The molecule has 0 aromatic heterocycles. The van der Waals surface area contributed by atoms with E-state index in [-0.39, 0.29) is 11.8 Å². The Morgan fingerprint density at radius 2 is 0.962 bits per heavy atom. The second-order valence-electron chi connectivity index (χ2n) is 7.79. The molecule has 0 atom stereocenters. The van der Waals surface area contributed by atoms with Crippen LogP contribution < -0.4 is 10.6 Å². The second-order valence-corrected chi connectivity index (χ2v) is 7.79. The fraction of sp³-hybridized carbons (Fsp3) is 0.900. The zero-order chi connectivity index (χ0) is 18.5. The summed E-state index contributed by atoms with van der Waals surface area (Å²) in [5, 5.41) is 6.06. The fourth-order valence-corrected chi connectivity index (χ4v) is 3.81. The van der Waals surface area contributed by atoms with E-state index >= 15 is 0 Å². The summed E-state index contributed by atoms with van der Waals surface area (Å²) in [6.45, 7) is 6.93. The van der Waals surface area contributed by atoms with E-state index in [1.54, 1.807) is 0 Å². The molecule has 0 unspecified atom stereocenters. The Morgan fingerprint density at radius 3 is 1.35 bits per heavy atom. The number of nitrogens with one attached hydrogen (secondary N) is 2. The lowest BCUT2D eigenvalue weighted by atomic mass is 10.1. The molecule has 0 bridgehead atoms. The molecule has 0 aliphatic carbocycles. The summed E-state index contributed by atoms with van der Waals surface area (Å²) in [6.07, 6.45) is 11.7. The Kier molecular flexibility index (Phi) is 10.7. The first-order chi connectivity index (χ1) is 12.7. The van der Waals surface area contributed by atoms with Crippen molar-refractivity contribution in [2.24, 2.45) is 0 Å². The summed E-state index contributed by atoms with van der Waals surface area (Å²) in [6, 6.07) is 0. The standard InChI is InChI=1S/C20H38N4O2/c25-19(17-23-13-7-3-8-14-23)21-11-5-1-2-6-12-22-20(26)18-24-15-9-4-10-16-24/h1-18H2,(H,21,25)(H,22,26). The van der Waals surface area contributed by atoms with E-state index < -0.39 is 0 Å². The third-order valence-corrected chi connectivity index (χ3v) is 5.38. The van der Waals surface area contributed by atoms with Gasteiger partial charge in [-0.05, 0) is 64.7 Å². The summed E-state index contributed by atoms with van der Waals surface area (Å²) >= 11 is 0. The van der Waals surface area contributed by atoms with Gasteiger partial charge in [0.1, 0.15) is 0 Å².